The van der Waals surface area contributed by atoms with Gasteiger partial charge in [0, 0.05) is 32.7 Å². The molecule has 2 N–H and O–H groups in total. The van der Waals surface area contributed by atoms with E-state index in [1.54, 1.807) is 14.2 Å². The number of guanidine groups is 1. The minimum Gasteiger partial charge on any atom is -0.493 e. The number of nitrogens with zero attached hydrogens (tertiary/aromatic N) is 2. The molecule has 1 saturated heterocycles. The second-order valence-electron chi connectivity index (χ2n) is 6.92. The molecule has 0 spiro atoms. The molecule has 1 atom stereocenters. The molecular weight excluding hydrogens is 479 g/mol. The van der Waals surface area contributed by atoms with E-state index in [0.717, 1.165) is 30.7 Å². The number of likely N-dealkylation sites (tertiary alicyclic amines) is 1. The number of halogens is 1. The van der Waals surface area contributed by atoms with Gasteiger partial charge in [0.15, 0.2) is 17.5 Å². The summed E-state index contributed by atoms with van der Waals surface area (Å²) in [6, 6.07) is 6.56. The van der Waals surface area contributed by atoms with Crippen molar-refractivity contribution < 1.29 is 9.47 Å². The van der Waals surface area contributed by atoms with Crippen molar-refractivity contribution in [2.45, 2.75) is 45.2 Å². The number of hydrogen-bond donors (Lipinski definition) is 2. The maximum atomic E-state index is 5.56. The Morgan fingerprint density at radius 3 is 2.83 bits per heavy atom. The number of terminal acetylenes is 1. The van der Waals surface area contributed by atoms with E-state index in [0.29, 0.717) is 18.0 Å². The van der Waals surface area contributed by atoms with E-state index < -0.39 is 0 Å². The lowest BCUT2D eigenvalue weighted by Gasteiger charge is -2.35. The predicted molar refractivity (Wildman–Crippen MR) is 130 cm³/mol. The Balaban J connectivity index is 0.00000420. The topological polar surface area (TPSA) is 58.1 Å². The molecule has 2 rings (SSSR count). The number of piperidine rings is 1. The molecule has 1 aliphatic heterocycles. The quantitative estimate of drug-likeness (QED) is 0.229. The molecule has 0 aromatic heterocycles. The van der Waals surface area contributed by atoms with E-state index in [9.17, 15) is 0 Å². The third-order valence-electron chi connectivity index (χ3n) is 5.13. The molecule has 1 aromatic carbocycles. The number of hydrogen-bond acceptors (Lipinski definition) is 4. The highest BCUT2D eigenvalue weighted by Crippen LogP contribution is 2.28. The van der Waals surface area contributed by atoms with Crippen molar-refractivity contribution in [3.05, 3.63) is 23.8 Å². The first-order valence-corrected chi connectivity index (χ1v) is 10.1. The van der Waals surface area contributed by atoms with E-state index in [1.807, 2.05) is 18.2 Å². The smallest absolute Gasteiger partial charge is 0.191 e. The molecule has 0 amide bonds. The largest absolute Gasteiger partial charge is 0.493 e. The van der Waals surface area contributed by atoms with Crippen LogP contribution in [0, 0.1) is 12.3 Å². The third-order valence-corrected chi connectivity index (χ3v) is 5.13. The highest BCUT2D eigenvalue weighted by molar-refractivity contribution is 14.0. The summed E-state index contributed by atoms with van der Waals surface area (Å²) in [4.78, 5) is 6.92. The standard InChI is InChI=1S/C22H34N4O2.HI/c1-5-15-28-21-16-18(10-11-20(21)27-4)17-25-22(23-3)24-12-14-26-13-8-7-9-19(26)6-2;/h1,10-11,16,19H,6-9,12-15,17H2,2-4H3,(H2,23,24,25);1H. The van der Waals surface area contributed by atoms with Crippen molar-refractivity contribution in [2.24, 2.45) is 4.99 Å². The highest BCUT2D eigenvalue weighted by Gasteiger charge is 2.19. The van der Waals surface area contributed by atoms with Gasteiger partial charge < -0.3 is 20.1 Å². The third kappa shape index (κ3) is 8.31. The summed E-state index contributed by atoms with van der Waals surface area (Å²) >= 11 is 0. The van der Waals surface area contributed by atoms with Gasteiger partial charge in [-0.05, 0) is 43.5 Å². The van der Waals surface area contributed by atoms with Gasteiger partial charge in [-0.2, -0.15) is 0 Å². The Morgan fingerprint density at radius 1 is 1.31 bits per heavy atom. The molecule has 29 heavy (non-hydrogen) atoms. The minimum atomic E-state index is 0. The lowest BCUT2D eigenvalue weighted by Crippen LogP contribution is -2.45. The number of ether oxygens (including phenoxy) is 2. The van der Waals surface area contributed by atoms with Crippen LogP contribution in [0.25, 0.3) is 0 Å². The lowest BCUT2D eigenvalue weighted by atomic mass is 10.0. The molecular formula is C22H35IN4O2. The van der Waals surface area contributed by atoms with E-state index in [-0.39, 0.29) is 30.6 Å². The molecule has 0 saturated carbocycles. The lowest BCUT2D eigenvalue weighted by molar-refractivity contribution is 0.147. The summed E-state index contributed by atoms with van der Waals surface area (Å²) in [5.41, 5.74) is 1.07. The molecule has 0 aliphatic carbocycles. The fourth-order valence-corrected chi connectivity index (χ4v) is 3.60. The molecule has 7 heteroatoms. The van der Waals surface area contributed by atoms with Gasteiger partial charge in [-0.25, -0.2) is 0 Å². The van der Waals surface area contributed by atoms with E-state index >= 15 is 0 Å². The average molecular weight is 514 g/mol. The van der Waals surface area contributed by atoms with Crippen molar-refractivity contribution in [2.75, 3.05) is 40.4 Å². The molecule has 1 unspecified atom stereocenters. The Kier molecular flexibility index (Phi) is 12.6. The first-order chi connectivity index (χ1) is 13.7. The second kappa shape index (κ2) is 14.3. The monoisotopic (exact) mass is 514 g/mol. The minimum absolute atomic E-state index is 0. The van der Waals surface area contributed by atoms with Gasteiger partial charge in [0.1, 0.15) is 6.61 Å². The number of nitrogens with one attached hydrogen (secondary N) is 2. The van der Waals surface area contributed by atoms with Crippen LogP contribution in [0.1, 0.15) is 38.2 Å². The second-order valence-corrected chi connectivity index (χ2v) is 6.92. The molecule has 6 nitrogen and oxygen atoms in total. The van der Waals surface area contributed by atoms with Crippen LogP contribution in [-0.4, -0.2) is 57.3 Å². The first kappa shape index (κ1) is 25.4. The van der Waals surface area contributed by atoms with Crippen LogP contribution in [0.5, 0.6) is 11.5 Å². The van der Waals surface area contributed by atoms with Crippen molar-refractivity contribution in [1.29, 1.82) is 0 Å². The average Bonchev–Trinajstić information content (AvgIpc) is 2.74. The SMILES string of the molecule is C#CCOc1cc(CNC(=NC)NCCN2CCCCC2CC)ccc1OC.I. The molecule has 162 valence electrons. The Labute approximate surface area is 192 Å². The van der Waals surface area contributed by atoms with Gasteiger partial charge in [0.25, 0.3) is 0 Å². The zero-order valence-electron chi connectivity index (χ0n) is 17.9. The van der Waals surface area contributed by atoms with Gasteiger partial charge in [-0.1, -0.05) is 25.3 Å². The molecule has 1 aromatic rings. The summed E-state index contributed by atoms with van der Waals surface area (Å²) in [5, 5.41) is 6.77. The van der Waals surface area contributed by atoms with Gasteiger partial charge >= 0.3 is 0 Å². The Morgan fingerprint density at radius 2 is 2.14 bits per heavy atom. The van der Waals surface area contributed by atoms with E-state index in [1.165, 1.54) is 32.2 Å². The summed E-state index contributed by atoms with van der Waals surface area (Å²) in [7, 11) is 3.41. The van der Waals surface area contributed by atoms with Crippen LogP contribution in [0.3, 0.4) is 0 Å². The van der Waals surface area contributed by atoms with Crippen LogP contribution >= 0.6 is 24.0 Å². The van der Waals surface area contributed by atoms with Crippen molar-refractivity contribution in [3.8, 4) is 23.8 Å². The summed E-state index contributed by atoms with van der Waals surface area (Å²) in [6.45, 7) is 6.27. The van der Waals surface area contributed by atoms with Crippen molar-refractivity contribution in [1.82, 2.24) is 15.5 Å². The number of benzene rings is 1. The Hall–Kier alpha value is -1.66. The summed E-state index contributed by atoms with van der Waals surface area (Å²) in [6.07, 6.45) is 10.5. The van der Waals surface area contributed by atoms with E-state index in [4.69, 9.17) is 15.9 Å². The zero-order valence-corrected chi connectivity index (χ0v) is 20.2. The van der Waals surface area contributed by atoms with Crippen LogP contribution < -0.4 is 20.1 Å². The first-order valence-electron chi connectivity index (χ1n) is 10.1. The molecule has 0 radical (unpaired) electrons. The maximum Gasteiger partial charge on any atom is 0.191 e. The number of aliphatic imine (C=N–C) groups is 1. The van der Waals surface area contributed by atoms with Crippen LogP contribution in [0.15, 0.2) is 23.2 Å². The van der Waals surface area contributed by atoms with Crippen molar-refractivity contribution in [3.63, 3.8) is 0 Å². The Bertz CT molecular complexity index is 675. The van der Waals surface area contributed by atoms with Crippen LogP contribution in [0.2, 0.25) is 0 Å². The normalized spacial score (nSPS) is 17.0. The number of rotatable bonds is 9. The van der Waals surface area contributed by atoms with Gasteiger partial charge in [-0.15, -0.1) is 30.4 Å². The number of methoxy groups -OCH3 is 1. The van der Waals surface area contributed by atoms with Crippen LogP contribution in [-0.2, 0) is 6.54 Å². The summed E-state index contributed by atoms with van der Waals surface area (Å²) in [5.74, 6) is 4.60. The van der Waals surface area contributed by atoms with Gasteiger partial charge in [0.2, 0.25) is 0 Å². The molecule has 1 heterocycles. The zero-order chi connectivity index (χ0) is 20.2. The van der Waals surface area contributed by atoms with Crippen LogP contribution in [0.4, 0.5) is 0 Å². The fraction of sp³-hybridized carbons (Fsp3) is 0.591. The van der Waals surface area contributed by atoms with Gasteiger partial charge in [-0.3, -0.25) is 9.89 Å². The molecule has 0 bridgehead atoms. The van der Waals surface area contributed by atoms with E-state index in [2.05, 4.69) is 33.4 Å². The summed E-state index contributed by atoms with van der Waals surface area (Å²) < 4.78 is 10.9. The predicted octanol–water partition coefficient (Wildman–Crippen LogP) is 3.25. The van der Waals surface area contributed by atoms with Crippen molar-refractivity contribution >= 4 is 29.9 Å². The van der Waals surface area contributed by atoms with Gasteiger partial charge in [0.05, 0.1) is 7.11 Å². The highest BCUT2D eigenvalue weighted by atomic mass is 127. The fourth-order valence-electron chi connectivity index (χ4n) is 3.60. The molecule has 1 fully saturated rings. The maximum absolute atomic E-state index is 5.56. The molecule has 1 aliphatic rings.